The first-order valence-electron chi connectivity index (χ1n) is 12.6. The topological polar surface area (TPSA) is 84.9 Å². The summed E-state index contributed by atoms with van der Waals surface area (Å²) in [6.45, 7) is 4.41. The molecule has 4 rings (SSSR count). The maximum Gasteiger partial charge on any atom is 0.293 e. The molecule has 39 heavy (non-hydrogen) atoms. The van der Waals surface area contributed by atoms with E-state index in [-0.39, 0.29) is 23.7 Å². The number of rotatable bonds is 11. The number of carbonyl (C=O) groups is 3. The van der Waals surface area contributed by atoms with Gasteiger partial charge in [0.05, 0.1) is 15.1 Å². The Morgan fingerprint density at radius 3 is 2.51 bits per heavy atom. The highest BCUT2D eigenvalue weighted by molar-refractivity contribution is 14.1. The first-order valence-corrected chi connectivity index (χ1v) is 14.5. The molecule has 0 spiro atoms. The van der Waals surface area contributed by atoms with Crippen molar-refractivity contribution in [2.75, 3.05) is 25.1 Å². The third-order valence-corrected chi connectivity index (χ3v) is 7.58. The highest BCUT2D eigenvalue weighted by Crippen LogP contribution is 2.37. The van der Waals surface area contributed by atoms with Gasteiger partial charge in [-0.05, 0) is 103 Å². The maximum atomic E-state index is 13.0. The Hall–Kier alpha value is -3.31. The highest BCUT2D eigenvalue weighted by Gasteiger charge is 2.34. The van der Waals surface area contributed by atoms with Gasteiger partial charge in [0.25, 0.3) is 17.1 Å². The SMILES string of the molecule is CCOc1cc(/C=C2/SC(=O)N(CCCc3ccccc3)C2=O)cc(I)c1OCC(=O)Nc1ccc(C)cc1. The molecule has 0 aromatic heterocycles. The van der Waals surface area contributed by atoms with Crippen molar-refractivity contribution in [2.24, 2.45) is 0 Å². The number of carbonyl (C=O) groups excluding carboxylic acids is 3. The predicted octanol–water partition coefficient (Wildman–Crippen LogP) is 6.68. The summed E-state index contributed by atoms with van der Waals surface area (Å²) in [4.78, 5) is 39.6. The smallest absolute Gasteiger partial charge is 0.293 e. The van der Waals surface area contributed by atoms with E-state index in [0.717, 1.165) is 27.3 Å². The van der Waals surface area contributed by atoms with Gasteiger partial charge < -0.3 is 14.8 Å². The zero-order valence-corrected chi connectivity index (χ0v) is 24.7. The Labute approximate surface area is 246 Å². The van der Waals surface area contributed by atoms with Crippen molar-refractivity contribution < 1.29 is 23.9 Å². The Bertz CT molecular complexity index is 1380. The van der Waals surface area contributed by atoms with Gasteiger partial charge in [-0.3, -0.25) is 19.3 Å². The van der Waals surface area contributed by atoms with E-state index < -0.39 is 0 Å². The van der Waals surface area contributed by atoms with E-state index in [9.17, 15) is 14.4 Å². The van der Waals surface area contributed by atoms with E-state index in [2.05, 4.69) is 27.9 Å². The molecule has 0 saturated carbocycles. The molecule has 0 atom stereocenters. The summed E-state index contributed by atoms with van der Waals surface area (Å²) in [6, 6.07) is 21.1. The minimum Gasteiger partial charge on any atom is -0.490 e. The molecule has 0 aliphatic carbocycles. The molecule has 3 aromatic rings. The molecule has 9 heteroatoms. The summed E-state index contributed by atoms with van der Waals surface area (Å²) in [5.41, 5.74) is 3.67. The lowest BCUT2D eigenvalue weighted by Gasteiger charge is -2.15. The molecule has 0 unspecified atom stereocenters. The summed E-state index contributed by atoms with van der Waals surface area (Å²) in [6.07, 6.45) is 3.19. The van der Waals surface area contributed by atoms with E-state index in [1.54, 1.807) is 12.1 Å². The van der Waals surface area contributed by atoms with Crippen molar-refractivity contribution in [3.63, 3.8) is 0 Å². The van der Waals surface area contributed by atoms with Crippen molar-refractivity contribution >= 4 is 63.2 Å². The highest BCUT2D eigenvalue weighted by atomic mass is 127. The molecule has 0 bridgehead atoms. The summed E-state index contributed by atoms with van der Waals surface area (Å²) >= 11 is 3.05. The summed E-state index contributed by atoms with van der Waals surface area (Å²) in [5, 5.41) is 2.55. The minimum absolute atomic E-state index is 0.189. The Morgan fingerprint density at radius 2 is 1.79 bits per heavy atom. The van der Waals surface area contributed by atoms with E-state index in [0.29, 0.717) is 47.2 Å². The number of aryl methyl sites for hydroxylation is 2. The average Bonchev–Trinajstić information content (AvgIpc) is 3.17. The molecule has 202 valence electrons. The van der Waals surface area contributed by atoms with Gasteiger partial charge in [0, 0.05) is 12.2 Å². The summed E-state index contributed by atoms with van der Waals surface area (Å²) in [7, 11) is 0. The lowest BCUT2D eigenvalue weighted by atomic mass is 10.1. The van der Waals surface area contributed by atoms with Gasteiger partial charge in [-0.25, -0.2) is 0 Å². The molecule has 7 nitrogen and oxygen atoms in total. The van der Waals surface area contributed by atoms with Gasteiger partial charge in [0.1, 0.15) is 0 Å². The Balaban J connectivity index is 1.42. The van der Waals surface area contributed by atoms with Crippen LogP contribution >= 0.6 is 34.4 Å². The fourth-order valence-electron chi connectivity index (χ4n) is 3.98. The number of amides is 3. The lowest BCUT2D eigenvalue weighted by molar-refractivity contribution is -0.122. The first-order chi connectivity index (χ1) is 18.8. The summed E-state index contributed by atoms with van der Waals surface area (Å²) < 4.78 is 12.3. The van der Waals surface area contributed by atoms with Crippen LogP contribution in [-0.2, 0) is 16.0 Å². The molecule has 0 radical (unpaired) electrons. The quantitative estimate of drug-likeness (QED) is 0.183. The second kappa shape index (κ2) is 13.7. The maximum absolute atomic E-state index is 13.0. The number of benzene rings is 3. The van der Waals surface area contributed by atoms with Crippen LogP contribution < -0.4 is 14.8 Å². The van der Waals surface area contributed by atoms with Gasteiger partial charge in [0.15, 0.2) is 18.1 Å². The van der Waals surface area contributed by atoms with Gasteiger partial charge in [-0.15, -0.1) is 0 Å². The second-order valence-electron chi connectivity index (χ2n) is 8.89. The number of hydrogen-bond donors (Lipinski definition) is 1. The zero-order chi connectivity index (χ0) is 27.8. The number of nitrogens with one attached hydrogen (secondary N) is 1. The van der Waals surface area contributed by atoms with E-state index in [4.69, 9.17) is 9.47 Å². The molecular formula is C30H29IN2O5S. The molecular weight excluding hydrogens is 627 g/mol. The van der Waals surface area contributed by atoms with Crippen LogP contribution in [0.5, 0.6) is 11.5 Å². The van der Waals surface area contributed by atoms with Gasteiger partial charge in [0.2, 0.25) is 0 Å². The van der Waals surface area contributed by atoms with E-state index in [1.165, 1.54) is 10.5 Å². The van der Waals surface area contributed by atoms with Crippen LogP contribution in [0.25, 0.3) is 6.08 Å². The minimum atomic E-state index is -0.292. The van der Waals surface area contributed by atoms with Crippen molar-refractivity contribution in [3.8, 4) is 11.5 Å². The fraction of sp³-hybridized carbons (Fsp3) is 0.233. The number of halogens is 1. The largest absolute Gasteiger partial charge is 0.490 e. The third-order valence-electron chi connectivity index (χ3n) is 5.88. The van der Waals surface area contributed by atoms with Gasteiger partial charge in [-0.1, -0.05) is 48.0 Å². The molecule has 3 aromatic carbocycles. The molecule has 1 aliphatic rings. The van der Waals surface area contributed by atoms with E-state index >= 15 is 0 Å². The van der Waals surface area contributed by atoms with Gasteiger partial charge >= 0.3 is 0 Å². The second-order valence-corrected chi connectivity index (χ2v) is 11.0. The number of nitrogens with zero attached hydrogens (tertiary/aromatic N) is 1. The molecule has 1 heterocycles. The van der Waals surface area contributed by atoms with Crippen LogP contribution in [0.4, 0.5) is 10.5 Å². The van der Waals surface area contributed by atoms with Crippen LogP contribution in [0.1, 0.15) is 30.0 Å². The van der Waals surface area contributed by atoms with Crippen LogP contribution in [0.3, 0.4) is 0 Å². The Kier molecular flexibility index (Phi) is 10.0. The molecule has 1 saturated heterocycles. The van der Waals surface area contributed by atoms with Crippen molar-refractivity contribution in [1.29, 1.82) is 0 Å². The van der Waals surface area contributed by atoms with Crippen molar-refractivity contribution in [2.45, 2.75) is 26.7 Å². The fourth-order valence-corrected chi connectivity index (χ4v) is 5.62. The number of ether oxygens (including phenoxy) is 2. The Morgan fingerprint density at radius 1 is 1.05 bits per heavy atom. The zero-order valence-electron chi connectivity index (χ0n) is 21.7. The number of anilines is 1. The number of thioether (sulfide) groups is 1. The van der Waals surface area contributed by atoms with Crippen LogP contribution in [0.15, 0.2) is 71.6 Å². The molecule has 3 amide bonds. The first kappa shape index (κ1) is 28.7. The average molecular weight is 657 g/mol. The monoisotopic (exact) mass is 656 g/mol. The van der Waals surface area contributed by atoms with Crippen molar-refractivity contribution in [3.05, 3.63) is 91.9 Å². The van der Waals surface area contributed by atoms with Crippen LogP contribution in [-0.4, -0.2) is 41.7 Å². The standard InChI is InChI=1S/C30H29IN2O5S/c1-3-37-25-17-22(16-24(31)28(25)38-19-27(34)32-23-13-11-20(2)12-14-23)18-26-29(35)33(30(36)39-26)15-7-10-21-8-5-4-6-9-21/h4-6,8-9,11-14,16-18H,3,7,10,15,19H2,1-2H3,(H,32,34)/b26-18+. The third kappa shape index (κ3) is 7.86. The van der Waals surface area contributed by atoms with Crippen LogP contribution in [0, 0.1) is 10.5 Å². The van der Waals surface area contributed by atoms with Crippen LogP contribution in [0.2, 0.25) is 0 Å². The van der Waals surface area contributed by atoms with Crippen molar-refractivity contribution in [1.82, 2.24) is 4.90 Å². The normalized spacial score (nSPS) is 14.1. The predicted molar refractivity (Wildman–Crippen MR) is 163 cm³/mol. The summed E-state index contributed by atoms with van der Waals surface area (Å²) in [5.74, 6) is 0.324. The lowest BCUT2D eigenvalue weighted by Crippen LogP contribution is -2.29. The molecule has 1 aliphatic heterocycles. The molecule has 1 fully saturated rings. The number of imide groups is 1. The number of hydrogen-bond acceptors (Lipinski definition) is 6. The molecule has 1 N–H and O–H groups in total. The van der Waals surface area contributed by atoms with E-state index in [1.807, 2.05) is 74.5 Å². The van der Waals surface area contributed by atoms with Gasteiger partial charge in [-0.2, -0.15) is 0 Å².